The van der Waals surface area contributed by atoms with Crippen LogP contribution in [0, 0.1) is 0 Å². The Bertz CT molecular complexity index is 433. The molecule has 1 aromatic heterocycles. The van der Waals surface area contributed by atoms with Gasteiger partial charge in [0.2, 0.25) is 5.03 Å². The number of rotatable bonds is 5. The highest BCUT2D eigenvalue weighted by Gasteiger charge is 2.25. The van der Waals surface area contributed by atoms with E-state index in [0.29, 0.717) is 0 Å². The minimum absolute atomic E-state index is 0.0550. The number of aromatic nitrogens is 3. The van der Waals surface area contributed by atoms with Gasteiger partial charge in [0, 0.05) is 13.1 Å². The molecule has 0 saturated carbocycles. The van der Waals surface area contributed by atoms with Gasteiger partial charge >= 0.3 is 0 Å². The summed E-state index contributed by atoms with van der Waals surface area (Å²) in [4.78, 5) is 0. The van der Waals surface area contributed by atoms with Crippen molar-refractivity contribution in [3.8, 4) is 0 Å². The van der Waals surface area contributed by atoms with Gasteiger partial charge in [0.05, 0.1) is 0 Å². The Hall–Kier alpha value is -0.470. The molecule has 0 amide bonds. The predicted molar refractivity (Wildman–Crippen MR) is 63.4 cm³/mol. The summed E-state index contributed by atoms with van der Waals surface area (Å²) in [5.41, 5.74) is 0. The van der Waals surface area contributed by atoms with Gasteiger partial charge in [-0.1, -0.05) is 19.1 Å². The summed E-state index contributed by atoms with van der Waals surface area (Å²) in [5, 5.41) is 7.35. The zero-order valence-corrected chi connectivity index (χ0v) is 11.8. The second-order valence-electron chi connectivity index (χ2n) is 3.44. The third-order valence-electron chi connectivity index (χ3n) is 2.30. The zero-order chi connectivity index (χ0) is 12.3. The third-order valence-corrected chi connectivity index (χ3v) is 4.71. The molecular formula is C8H15BrN4O2S. The van der Waals surface area contributed by atoms with Crippen molar-refractivity contribution in [1.29, 1.82) is 0 Å². The largest absolute Gasteiger partial charge is 0.260 e. The van der Waals surface area contributed by atoms with Gasteiger partial charge in [-0.2, -0.15) is 0 Å². The second kappa shape index (κ2) is 5.24. The van der Waals surface area contributed by atoms with Crippen LogP contribution in [0.3, 0.4) is 0 Å². The van der Waals surface area contributed by atoms with E-state index in [9.17, 15) is 8.42 Å². The van der Waals surface area contributed by atoms with Crippen molar-refractivity contribution in [1.82, 2.24) is 19.7 Å². The third kappa shape index (κ3) is 2.80. The Labute approximate surface area is 104 Å². The van der Waals surface area contributed by atoms with Gasteiger partial charge < -0.3 is 0 Å². The van der Waals surface area contributed by atoms with Gasteiger partial charge in [0.25, 0.3) is 10.0 Å². The van der Waals surface area contributed by atoms with Gasteiger partial charge in [-0.3, -0.25) is 0 Å². The number of aryl methyl sites for hydroxylation is 1. The fraction of sp³-hybridized carbons (Fsp3) is 0.750. The molecule has 0 aliphatic heterocycles. The van der Waals surface area contributed by atoms with E-state index in [2.05, 4.69) is 31.0 Å². The summed E-state index contributed by atoms with van der Waals surface area (Å²) in [6.07, 6.45) is 1.50. The Balaban J connectivity index is 3.03. The van der Waals surface area contributed by atoms with E-state index >= 15 is 0 Å². The van der Waals surface area contributed by atoms with Crippen LogP contribution >= 0.6 is 15.9 Å². The summed E-state index contributed by atoms with van der Waals surface area (Å²) in [6.45, 7) is 3.88. The minimum Gasteiger partial charge on any atom is -0.235 e. The molecule has 8 heteroatoms. The monoisotopic (exact) mass is 310 g/mol. The highest BCUT2D eigenvalue weighted by atomic mass is 79.9. The van der Waals surface area contributed by atoms with Gasteiger partial charge in [-0.25, -0.2) is 17.8 Å². The fourth-order valence-corrected chi connectivity index (χ4v) is 3.84. The van der Waals surface area contributed by atoms with Crippen LogP contribution in [0.25, 0.3) is 0 Å². The molecule has 0 atom stereocenters. The first-order chi connectivity index (χ1) is 7.42. The first-order valence-corrected chi connectivity index (χ1v) is 7.27. The van der Waals surface area contributed by atoms with Crippen LogP contribution < -0.4 is 4.72 Å². The lowest BCUT2D eigenvalue weighted by Crippen LogP contribution is -2.35. The van der Waals surface area contributed by atoms with E-state index in [1.807, 2.05) is 13.8 Å². The van der Waals surface area contributed by atoms with Crippen molar-refractivity contribution in [3.63, 3.8) is 0 Å². The Kier molecular flexibility index (Phi) is 4.45. The van der Waals surface area contributed by atoms with Crippen LogP contribution in [0.1, 0.15) is 26.7 Å². The molecule has 1 aromatic rings. The number of sulfonamides is 1. The first kappa shape index (κ1) is 13.6. The normalized spacial score (nSPS) is 12.3. The van der Waals surface area contributed by atoms with E-state index in [1.54, 1.807) is 7.05 Å². The fourth-order valence-electron chi connectivity index (χ4n) is 1.34. The average Bonchev–Trinajstić information content (AvgIpc) is 2.55. The van der Waals surface area contributed by atoms with Crippen LogP contribution in [-0.4, -0.2) is 29.5 Å². The van der Waals surface area contributed by atoms with Gasteiger partial charge in [0.1, 0.15) is 0 Å². The molecule has 92 valence electrons. The molecule has 0 aromatic carbocycles. The average molecular weight is 311 g/mol. The molecule has 0 radical (unpaired) electrons. The van der Waals surface area contributed by atoms with Crippen molar-refractivity contribution >= 4 is 26.0 Å². The smallest absolute Gasteiger partial charge is 0.235 e. The van der Waals surface area contributed by atoms with Gasteiger partial charge in [-0.15, -0.1) is 5.10 Å². The molecule has 0 bridgehead atoms. The van der Waals surface area contributed by atoms with Crippen molar-refractivity contribution in [2.24, 2.45) is 7.05 Å². The van der Waals surface area contributed by atoms with E-state index in [1.165, 1.54) is 4.68 Å². The van der Waals surface area contributed by atoms with Gasteiger partial charge in [0.15, 0.2) is 4.60 Å². The van der Waals surface area contributed by atoms with E-state index in [0.717, 1.165) is 12.8 Å². The zero-order valence-electron chi connectivity index (χ0n) is 9.44. The molecule has 0 fully saturated rings. The lowest BCUT2D eigenvalue weighted by atomic mass is 10.2. The SMILES string of the molecule is CCC(CC)NS(=O)(=O)c1c(Br)nnn1C. The molecule has 1 N–H and O–H groups in total. The maximum Gasteiger partial charge on any atom is 0.260 e. The Morgan fingerprint density at radius 1 is 1.44 bits per heavy atom. The number of nitrogens with zero attached hydrogens (tertiary/aromatic N) is 3. The molecule has 6 nitrogen and oxygen atoms in total. The summed E-state index contributed by atoms with van der Waals surface area (Å²) in [7, 11) is -2.02. The molecule has 1 rings (SSSR count). The molecule has 0 aliphatic carbocycles. The van der Waals surface area contributed by atoms with Crippen LogP contribution in [0.4, 0.5) is 0 Å². The molecule has 0 saturated heterocycles. The highest BCUT2D eigenvalue weighted by Crippen LogP contribution is 2.18. The number of hydrogen-bond donors (Lipinski definition) is 1. The topological polar surface area (TPSA) is 76.9 Å². The van der Waals surface area contributed by atoms with Crippen LogP contribution in [0.5, 0.6) is 0 Å². The summed E-state index contributed by atoms with van der Waals surface area (Å²) < 4.78 is 28.1. The quantitative estimate of drug-likeness (QED) is 0.881. The number of halogens is 1. The molecule has 1 heterocycles. The van der Waals surface area contributed by atoms with Crippen LogP contribution in [-0.2, 0) is 17.1 Å². The van der Waals surface area contributed by atoms with Crippen molar-refractivity contribution in [3.05, 3.63) is 4.60 Å². The van der Waals surface area contributed by atoms with Crippen molar-refractivity contribution in [2.45, 2.75) is 37.8 Å². The highest BCUT2D eigenvalue weighted by molar-refractivity contribution is 9.10. The molecule has 0 aliphatic rings. The maximum atomic E-state index is 12.0. The number of nitrogens with one attached hydrogen (secondary N) is 1. The summed E-state index contributed by atoms with van der Waals surface area (Å²) in [6, 6.07) is -0.0631. The van der Waals surface area contributed by atoms with E-state index < -0.39 is 10.0 Å². The second-order valence-corrected chi connectivity index (χ2v) is 5.82. The van der Waals surface area contributed by atoms with Crippen LogP contribution in [0.2, 0.25) is 0 Å². The maximum absolute atomic E-state index is 12.0. The summed E-state index contributed by atoms with van der Waals surface area (Å²) in [5.74, 6) is 0. The first-order valence-electron chi connectivity index (χ1n) is 4.99. The lowest BCUT2D eigenvalue weighted by Gasteiger charge is -2.14. The Morgan fingerprint density at radius 2 is 2.00 bits per heavy atom. The Morgan fingerprint density at radius 3 is 2.38 bits per heavy atom. The van der Waals surface area contributed by atoms with Crippen molar-refractivity contribution < 1.29 is 8.42 Å². The molecular weight excluding hydrogens is 296 g/mol. The van der Waals surface area contributed by atoms with E-state index in [-0.39, 0.29) is 15.7 Å². The van der Waals surface area contributed by atoms with Crippen molar-refractivity contribution in [2.75, 3.05) is 0 Å². The van der Waals surface area contributed by atoms with Crippen LogP contribution in [0.15, 0.2) is 9.63 Å². The van der Waals surface area contributed by atoms with Gasteiger partial charge in [-0.05, 0) is 28.8 Å². The standard InChI is InChI=1S/C8H15BrN4O2S/c1-4-6(5-2)11-16(14,15)8-7(9)10-12-13(8)3/h6,11H,4-5H2,1-3H3. The molecule has 0 unspecified atom stereocenters. The number of hydrogen-bond acceptors (Lipinski definition) is 4. The summed E-state index contributed by atoms with van der Waals surface area (Å²) >= 11 is 3.07. The molecule has 16 heavy (non-hydrogen) atoms. The molecule has 0 spiro atoms. The minimum atomic E-state index is -3.56. The predicted octanol–water partition coefficient (Wildman–Crippen LogP) is 1.04. The van der Waals surface area contributed by atoms with E-state index in [4.69, 9.17) is 0 Å². The lowest BCUT2D eigenvalue weighted by molar-refractivity contribution is 0.518.